The number of hydrogen-bond donors (Lipinski definition) is 1. The number of hydrogen-bond acceptors (Lipinski definition) is 6. The SMILES string of the molecule is CNC(=O)[C@@H](Cc1ccccc1)N(Cc1ccccc1F)C(=O)CN(c1cc(OC)ccc1OC)S(=O)(=O)c1ccccc1. The van der Waals surface area contributed by atoms with Crippen molar-refractivity contribution in [2.45, 2.75) is 23.9 Å². The van der Waals surface area contributed by atoms with Gasteiger partial charge in [0.2, 0.25) is 11.8 Å². The van der Waals surface area contributed by atoms with Crippen molar-refractivity contribution in [2.24, 2.45) is 0 Å². The van der Waals surface area contributed by atoms with E-state index in [9.17, 15) is 22.4 Å². The summed E-state index contributed by atoms with van der Waals surface area (Å²) in [5.74, 6) is -1.29. The second-order valence-electron chi connectivity index (χ2n) is 9.80. The van der Waals surface area contributed by atoms with Gasteiger partial charge in [0.1, 0.15) is 29.9 Å². The topological polar surface area (TPSA) is 105 Å². The van der Waals surface area contributed by atoms with Crippen LogP contribution >= 0.6 is 0 Å². The first-order valence-corrected chi connectivity index (χ1v) is 15.2. The van der Waals surface area contributed by atoms with Gasteiger partial charge in [0.05, 0.1) is 24.8 Å². The first kappa shape index (κ1) is 32.0. The predicted octanol–water partition coefficient (Wildman–Crippen LogP) is 4.42. The molecular weight excluding hydrogens is 585 g/mol. The van der Waals surface area contributed by atoms with Crippen molar-refractivity contribution in [1.82, 2.24) is 10.2 Å². The van der Waals surface area contributed by atoms with E-state index >= 15 is 0 Å². The lowest BCUT2D eigenvalue weighted by molar-refractivity contribution is -0.139. The molecule has 4 aromatic carbocycles. The lowest BCUT2D eigenvalue weighted by atomic mass is 10.0. The number of methoxy groups -OCH3 is 2. The fourth-order valence-corrected chi connectivity index (χ4v) is 6.19. The summed E-state index contributed by atoms with van der Waals surface area (Å²) in [5, 5.41) is 2.60. The summed E-state index contributed by atoms with van der Waals surface area (Å²) in [4.78, 5) is 28.8. The molecule has 0 saturated carbocycles. The Labute approximate surface area is 256 Å². The number of sulfonamides is 1. The van der Waals surface area contributed by atoms with Gasteiger partial charge in [-0.3, -0.25) is 13.9 Å². The molecule has 0 aromatic heterocycles. The van der Waals surface area contributed by atoms with Gasteiger partial charge in [-0.1, -0.05) is 66.7 Å². The fourth-order valence-electron chi connectivity index (χ4n) is 4.76. The summed E-state index contributed by atoms with van der Waals surface area (Å²) in [5.41, 5.74) is 0.976. The number of carbonyl (C=O) groups is 2. The average molecular weight is 620 g/mol. The van der Waals surface area contributed by atoms with Crippen molar-refractivity contribution in [2.75, 3.05) is 32.1 Å². The van der Waals surface area contributed by atoms with Crippen LogP contribution in [0.3, 0.4) is 0 Å². The highest BCUT2D eigenvalue weighted by Gasteiger charge is 2.35. The number of likely N-dealkylation sites (N-methyl/N-ethyl adjacent to an activating group) is 1. The Morgan fingerprint density at radius 1 is 0.864 bits per heavy atom. The van der Waals surface area contributed by atoms with Gasteiger partial charge in [-0.05, 0) is 35.9 Å². The van der Waals surface area contributed by atoms with Gasteiger partial charge >= 0.3 is 0 Å². The van der Waals surface area contributed by atoms with Crippen LogP contribution in [0.4, 0.5) is 10.1 Å². The van der Waals surface area contributed by atoms with E-state index in [1.807, 2.05) is 30.3 Å². The van der Waals surface area contributed by atoms with Crippen LogP contribution in [0.25, 0.3) is 0 Å². The van der Waals surface area contributed by atoms with Gasteiger partial charge in [0, 0.05) is 31.6 Å². The first-order valence-electron chi connectivity index (χ1n) is 13.8. The quantitative estimate of drug-likeness (QED) is 0.238. The number of ether oxygens (including phenoxy) is 2. The minimum Gasteiger partial charge on any atom is -0.497 e. The fraction of sp³-hybridized carbons (Fsp3) is 0.212. The van der Waals surface area contributed by atoms with Crippen LogP contribution in [-0.4, -0.2) is 59.0 Å². The highest BCUT2D eigenvalue weighted by Crippen LogP contribution is 2.36. The third kappa shape index (κ3) is 7.35. The largest absolute Gasteiger partial charge is 0.497 e. The Bertz CT molecular complexity index is 1690. The number of halogens is 1. The van der Waals surface area contributed by atoms with Crippen LogP contribution in [-0.2, 0) is 32.6 Å². The molecule has 0 fully saturated rings. The van der Waals surface area contributed by atoms with Crippen LogP contribution in [0.15, 0.2) is 108 Å². The van der Waals surface area contributed by atoms with Crippen LogP contribution in [0.1, 0.15) is 11.1 Å². The average Bonchev–Trinajstić information content (AvgIpc) is 3.06. The van der Waals surface area contributed by atoms with Gasteiger partial charge in [-0.15, -0.1) is 0 Å². The Morgan fingerprint density at radius 3 is 2.11 bits per heavy atom. The molecular formula is C33H34FN3O6S. The van der Waals surface area contributed by atoms with Crippen molar-refractivity contribution in [3.8, 4) is 11.5 Å². The molecule has 230 valence electrons. The van der Waals surface area contributed by atoms with E-state index in [2.05, 4.69) is 5.32 Å². The maximum absolute atomic E-state index is 14.9. The van der Waals surface area contributed by atoms with Crippen molar-refractivity contribution in [3.63, 3.8) is 0 Å². The maximum Gasteiger partial charge on any atom is 0.264 e. The molecule has 0 radical (unpaired) electrons. The molecule has 0 heterocycles. The second-order valence-corrected chi connectivity index (χ2v) is 11.7. The minimum atomic E-state index is -4.36. The summed E-state index contributed by atoms with van der Waals surface area (Å²) < 4.78 is 55.0. The van der Waals surface area contributed by atoms with Crippen LogP contribution in [0.2, 0.25) is 0 Å². The van der Waals surface area contributed by atoms with E-state index in [-0.39, 0.29) is 34.9 Å². The molecule has 0 aliphatic rings. The summed E-state index contributed by atoms with van der Waals surface area (Å²) in [6.45, 7) is -1.01. The summed E-state index contributed by atoms with van der Waals surface area (Å²) >= 11 is 0. The molecule has 11 heteroatoms. The smallest absolute Gasteiger partial charge is 0.264 e. The maximum atomic E-state index is 14.9. The molecule has 4 aromatic rings. The van der Waals surface area contributed by atoms with E-state index in [1.165, 1.54) is 68.6 Å². The van der Waals surface area contributed by atoms with E-state index in [1.54, 1.807) is 30.3 Å². The summed E-state index contributed by atoms with van der Waals surface area (Å²) in [6, 6.07) is 26.1. The molecule has 0 saturated heterocycles. The molecule has 0 spiro atoms. The highest BCUT2D eigenvalue weighted by molar-refractivity contribution is 7.92. The summed E-state index contributed by atoms with van der Waals surface area (Å²) in [7, 11) is -0.0999. The molecule has 4 rings (SSSR count). The number of nitrogens with one attached hydrogen (secondary N) is 1. The Hall–Kier alpha value is -4.90. The Morgan fingerprint density at radius 2 is 1.50 bits per heavy atom. The lowest BCUT2D eigenvalue weighted by Crippen LogP contribution is -2.53. The van der Waals surface area contributed by atoms with Crippen molar-refractivity contribution in [3.05, 3.63) is 120 Å². The number of benzene rings is 4. The zero-order chi connectivity index (χ0) is 31.7. The predicted molar refractivity (Wildman–Crippen MR) is 165 cm³/mol. The first-order chi connectivity index (χ1) is 21.2. The number of nitrogens with zero attached hydrogens (tertiary/aromatic N) is 2. The molecule has 0 aliphatic carbocycles. The van der Waals surface area contributed by atoms with E-state index in [0.717, 1.165) is 9.87 Å². The minimum absolute atomic E-state index is 0.0504. The number of rotatable bonds is 13. The Kier molecular flexibility index (Phi) is 10.6. The molecule has 1 atom stereocenters. The van der Waals surface area contributed by atoms with Gasteiger partial charge in [0.15, 0.2) is 0 Å². The van der Waals surface area contributed by atoms with Crippen LogP contribution in [0.5, 0.6) is 11.5 Å². The third-order valence-corrected chi connectivity index (χ3v) is 8.85. The molecule has 0 bridgehead atoms. The zero-order valence-electron chi connectivity index (χ0n) is 24.6. The monoisotopic (exact) mass is 619 g/mol. The second kappa shape index (κ2) is 14.5. The van der Waals surface area contributed by atoms with Crippen LogP contribution in [0, 0.1) is 5.82 Å². The van der Waals surface area contributed by atoms with Gasteiger partial charge < -0.3 is 19.7 Å². The molecule has 1 N–H and O–H groups in total. The third-order valence-electron chi connectivity index (χ3n) is 7.08. The molecule has 9 nitrogen and oxygen atoms in total. The standard InChI is InChI=1S/C33H34FN3O6S/c1-35-33(39)30(20-24-12-6-4-7-13-24)36(22-25-14-10-11-17-28(25)34)32(38)23-37(44(40,41)27-15-8-5-9-16-27)29-21-26(42-2)18-19-31(29)43-3/h4-19,21,30H,20,22-23H2,1-3H3,(H,35,39)/t30-/m1/s1. The lowest BCUT2D eigenvalue weighted by Gasteiger charge is -2.34. The molecule has 0 unspecified atom stereocenters. The zero-order valence-corrected chi connectivity index (χ0v) is 25.5. The number of carbonyl (C=O) groups excluding carboxylic acids is 2. The van der Waals surface area contributed by atoms with Crippen molar-refractivity contribution in [1.29, 1.82) is 0 Å². The van der Waals surface area contributed by atoms with E-state index < -0.39 is 40.2 Å². The van der Waals surface area contributed by atoms with E-state index in [0.29, 0.717) is 5.75 Å². The highest BCUT2D eigenvalue weighted by atomic mass is 32.2. The van der Waals surface area contributed by atoms with Crippen LogP contribution < -0.4 is 19.1 Å². The number of anilines is 1. The van der Waals surface area contributed by atoms with Crippen molar-refractivity contribution >= 4 is 27.5 Å². The number of amides is 2. The van der Waals surface area contributed by atoms with Gasteiger partial charge in [-0.25, -0.2) is 12.8 Å². The molecule has 2 amide bonds. The van der Waals surface area contributed by atoms with Crippen molar-refractivity contribution < 1.29 is 31.9 Å². The summed E-state index contributed by atoms with van der Waals surface area (Å²) in [6.07, 6.45) is 0.106. The normalized spacial score (nSPS) is 11.7. The van der Waals surface area contributed by atoms with Gasteiger partial charge in [0.25, 0.3) is 10.0 Å². The van der Waals surface area contributed by atoms with E-state index in [4.69, 9.17) is 9.47 Å². The molecule has 0 aliphatic heterocycles. The Balaban J connectivity index is 1.85. The van der Waals surface area contributed by atoms with Gasteiger partial charge in [-0.2, -0.15) is 0 Å². The molecule has 44 heavy (non-hydrogen) atoms.